The lowest BCUT2D eigenvalue weighted by Gasteiger charge is -2.44. The normalized spacial score (nSPS) is 30.3. The zero-order valence-electron chi connectivity index (χ0n) is 13.5. The average molecular weight is 319 g/mol. The zero-order valence-corrected chi connectivity index (χ0v) is 13.5. The summed E-state index contributed by atoms with van der Waals surface area (Å²) in [5, 5.41) is 3.90. The van der Waals surface area contributed by atoms with Gasteiger partial charge in [0.1, 0.15) is 0 Å². The van der Waals surface area contributed by atoms with Crippen LogP contribution in [-0.2, 0) is 25.6 Å². The van der Waals surface area contributed by atoms with Crippen molar-refractivity contribution < 1.29 is 19.0 Å². The molecule has 7 nitrogen and oxygen atoms in total. The average Bonchev–Trinajstić information content (AvgIpc) is 2.46. The van der Waals surface area contributed by atoms with Crippen LogP contribution in [0, 0.1) is 0 Å². The van der Waals surface area contributed by atoms with E-state index in [-0.39, 0.29) is 12.5 Å². The van der Waals surface area contributed by atoms with Gasteiger partial charge in [0.25, 0.3) is 0 Å². The summed E-state index contributed by atoms with van der Waals surface area (Å²) in [6, 6.07) is 9.72. The van der Waals surface area contributed by atoms with E-state index < -0.39 is 23.9 Å². The number of ether oxygens (including phenoxy) is 3. The molecule has 0 aliphatic carbocycles. The monoisotopic (exact) mass is 319 g/mol. The smallest absolute Gasteiger partial charge is 0.304 e. The van der Waals surface area contributed by atoms with E-state index in [1.165, 1.54) is 6.92 Å². The van der Waals surface area contributed by atoms with E-state index in [2.05, 4.69) is 10.0 Å². The van der Waals surface area contributed by atoms with Gasteiger partial charge in [-0.2, -0.15) is 0 Å². The number of azide groups is 1. The van der Waals surface area contributed by atoms with Crippen LogP contribution in [0.25, 0.3) is 10.4 Å². The number of rotatable bonds is 5. The Hall–Kier alpha value is -2.08. The van der Waals surface area contributed by atoms with Crippen molar-refractivity contribution in [3.8, 4) is 0 Å². The number of esters is 1. The molecule has 0 unspecified atom stereocenters. The second-order valence-corrected chi connectivity index (χ2v) is 5.85. The fraction of sp³-hybridized carbons (Fsp3) is 0.562. The number of carbonyl (C=O) groups excluding carboxylic acids is 1. The third kappa shape index (κ3) is 4.45. The van der Waals surface area contributed by atoms with Crippen molar-refractivity contribution in [2.24, 2.45) is 5.11 Å². The lowest BCUT2D eigenvalue weighted by Crippen LogP contribution is -2.55. The number of nitrogens with zero attached hydrogens (tertiary/aromatic N) is 3. The molecule has 1 fully saturated rings. The summed E-state index contributed by atoms with van der Waals surface area (Å²) in [6.07, 6.45) is -1.31. The number of carbonyl (C=O) groups is 1. The van der Waals surface area contributed by atoms with Gasteiger partial charge in [0.2, 0.25) is 6.29 Å². The van der Waals surface area contributed by atoms with Crippen molar-refractivity contribution in [1.82, 2.24) is 0 Å². The van der Waals surface area contributed by atoms with E-state index >= 15 is 0 Å². The molecule has 7 heteroatoms. The quantitative estimate of drug-likeness (QED) is 0.360. The summed E-state index contributed by atoms with van der Waals surface area (Å²) < 4.78 is 16.8. The maximum Gasteiger partial charge on any atom is 0.304 e. The van der Waals surface area contributed by atoms with Crippen LogP contribution in [0.4, 0.5) is 0 Å². The standard InChI is InChI=1S/C16H21N3O4/c1-11-15(21-10-13-7-5-4-6-8-13)16(3,18-19-17)9-14(22-11)23-12(2)20/h4-8,11,14-15H,9-10H2,1-3H3/t11-,14+,15+,16-/m0/s1. The van der Waals surface area contributed by atoms with Crippen LogP contribution in [0.1, 0.15) is 32.8 Å². The molecule has 1 saturated heterocycles. The fourth-order valence-electron chi connectivity index (χ4n) is 2.85. The van der Waals surface area contributed by atoms with Gasteiger partial charge in [0.05, 0.1) is 24.4 Å². The van der Waals surface area contributed by atoms with Gasteiger partial charge in [-0.05, 0) is 18.0 Å². The molecule has 1 heterocycles. The molecule has 0 radical (unpaired) electrons. The summed E-state index contributed by atoms with van der Waals surface area (Å²) in [6.45, 7) is 5.30. The van der Waals surface area contributed by atoms with E-state index in [9.17, 15) is 4.79 Å². The largest absolute Gasteiger partial charge is 0.436 e. The summed E-state index contributed by atoms with van der Waals surface area (Å²) in [4.78, 5) is 14.1. The zero-order chi connectivity index (χ0) is 16.9. The van der Waals surface area contributed by atoms with Gasteiger partial charge in [-0.25, -0.2) is 0 Å². The predicted octanol–water partition coefficient (Wildman–Crippen LogP) is 3.34. The van der Waals surface area contributed by atoms with Gasteiger partial charge < -0.3 is 14.2 Å². The molecule has 4 atom stereocenters. The topological polar surface area (TPSA) is 93.5 Å². The number of benzene rings is 1. The Balaban J connectivity index is 2.12. The van der Waals surface area contributed by atoms with E-state index in [1.807, 2.05) is 37.3 Å². The van der Waals surface area contributed by atoms with E-state index in [0.29, 0.717) is 6.61 Å². The van der Waals surface area contributed by atoms with Gasteiger partial charge >= 0.3 is 5.97 Å². The molecule has 0 aromatic heterocycles. The molecule has 0 N–H and O–H groups in total. The van der Waals surface area contributed by atoms with Crippen molar-refractivity contribution in [2.75, 3.05) is 0 Å². The van der Waals surface area contributed by atoms with Crippen molar-refractivity contribution in [3.05, 3.63) is 46.3 Å². The minimum absolute atomic E-state index is 0.250. The molecule has 1 aromatic rings. The molecule has 0 bridgehead atoms. The van der Waals surface area contributed by atoms with Crippen molar-refractivity contribution in [3.63, 3.8) is 0 Å². The molecule has 0 saturated carbocycles. The van der Waals surface area contributed by atoms with E-state index in [1.54, 1.807) is 6.92 Å². The number of hydrogen-bond donors (Lipinski definition) is 0. The molecule has 1 aliphatic heterocycles. The summed E-state index contributed by atoms with van der Waals surface area (Å²) >= 11 is 0. The van der Waals surface area contributed by atoms with Gasteiger partial charge in [-0.3, -0.25) is 4.79 Å². The highest BCUT2D eigenvalue weighted by molar-refractivity contribution is 5.66. The fourth-order valence-corrected chi connectivity index (χ4v) is 2.85. The van der Waals surface area contributed by atoms with Crippen molar-refractivity contribution in [2.45, 2.75) is 57.8 Å². The van der Waals surface area contributed by atoms with Crippen molar-refractivity contribution >= 4 is 5.97 Å². The highest BCUT2D eigenvalue weighted by Crippen LogP contribution is 2.35. The first-order valence-electron chi connectivity index (χ1n) is 7.49. The van der Waals surface area contributed by atoms with Gasteiger partial charge in [0, 0.05) is 18.3 Å². The summed E-state index contributed by atoms with van der Waals surface area (Å²) in [7, 11) is 0. The Morgan fingerprint density at radius 1 is 1.48 bits per heavy atom. The number of hydrogen-bond acceptors (Lipinski definition) is 5. The Bertz CT molecular complexity index is 588. The maximum atomic E-state index is 11.1. The highest BCUT2D eigenvalue weighted by atomic mass is 16.7. The van der Waals surface area contributed by atoms with Crippen LogP contribution in [0.5, 0.6) is 0 Å². The van der Waals surface area contributed by atoms with Gasteiger partial charge in [-0.15, -0.1) is 0 Å². The summed E-state index contributed by atoms with van der Waals surface area (Å²) in [5.74, 6) is -0.436. The molecule has 2 rings (SSSR count). The predicted molar refractivity (Wildman–Crippen MR) is 83.3 cm³/mol. The molecule has 23 heavy (non-hydrogen) atoms. The van der Waals surface area contributed by atoms with Gasteiger partial charge in [-0.1, -0.05) is 42.4 Å². The lowest BCUT2D eigenvalue weighted by molar-refractivity contribution is -0.241. The molecule has 1 aliphatic rings. The van der Waals surface area contributed by atoms with Crippen LogP contribution in [-0.4, -0.2) is 30.0 Å². The molecular weight excluding hydrogens is 298 g/mol. The minimum atomic E-state index is -0.860. The van der Waals surface area contributed by atoms with E-state index in [4.69, 9.17) is 19.7 Å². The Labute approximate surface area is 135 Å². The van der Waals surface area contributed by atoms with Crippen molar-refractivity contribution in [1.29, 1.82) is 0 Å². The first kappa shape index (κ1) is 17.3. The third-order valence-electron chi connectivity index (χ3n) is 3.83. The minimum Gasteiger partial charge on any atom is -0.436 e. The lowest BCUT2D eigenvalue weighted by atomic mass is 9.86. The van der Waals surface area contributed by atoms with Crippen LogP contribution in [0.15, 0.2) is 35.4 Å². The SMILES string of the molecule is CC(=O)O[C@@H]1C[C@](C)(N=[N+]=[N-])[C@H](OCc2ccccc2)[C@H](C)O1. The van der Waals surface area contributed by atoms with Crippen LogP contribution in [0.2, 0.25) is 0 Å². The molecule has 0 amide bonds. The third-order valence-corrected chi connectivity index (χ3v) is 3.83. The highest BCUT2D eigenvalue weighted by Gasteiger charge is 2.47. The van der Waals surface area contributed by atoms with Gasteiger partial charge in [0.15, 0.2) is 0 Å². The molecule has 1 aromatic carbocycles. The second kappa shape index (κ2) is 7.46. The summed E-state index contributed by atoms with van der Waals surface area (Å²) in [5.41, 5.74) is 9.05. The first-order valence-corrected chi connectivity index (χ1v) is 7.49. The first-order chi connectivity index (χ1) is 10.9. The van der Waals surface area contributed by atoms with Crippen LogP contribution >= 0.6 is 0 Å². The molecule has 0 spiro atoms. The van der Waals surface area contributed by atoms with Crippen LogP contribution in [0.3, 0.4) is 0 Å². The molecule has 124 valence electrons. The van der Waals surface area contributed by atoms with E-state index in [0.717, 1.165) is 5.56 Å². The molecular formula is C16H21N3O4. The maximum absolute atomic E-state index is 11.1. The second-order valence-electron chi connectivity index (χ2n) is 5.85. The Kier molecular flexibility index (Phi) is 5.60. The Morgan fingerprint density at radius 2 is 2.17 bits per heavy atom. The Morgan fingerprint density at radius 3 is 2.78 bits per heavy atom. The van der Waals surface area contributed by atoms with Crippen LogP contribution < -0.4 is 0 Å².